The SMILES string of the molecule is C=Cc1ccc(CN(CCN(C)C)CCN(C)C)cc1. The zero-order valence-corrected chi connectivity index (χ0v) is 13.5. The Bertz CT molecular complexity index is 370. The van der Waals surface area contributed by atoms with Crippen LogP contribution in [0.2, 0.25) is 0 Å². The molecule has 1 aromatic carbocycles. The van der Waals surface area contributed by atoms with Gasteiger partial charge in [-0.1, -0.05) is 36.9 Å². The van der Waals surface area contributed by atoms with Crippen LogP contribution in [-0.4, -0.2) is 69.1 Å². The van der Waals surface area contributed by atoms with E-state index in [1.165, 1.54) is 11.1 Å². The average molecular weight is 275 g/mol. The molecule has 1 rings (SSSR count). The van der Waals surface area contributed by atoms with Gasteiger partial charge in [0.25, 0.3) is 0 Å². The lowest BCUT2D eigenvalue weighted by Gasteiger charge is -2.25. The Kier molecular flexibility index (Phi) is 7.52. The van der Waals surface area contributed by atoms with Crippen molar-refractivity contribution in [2.75, 3.05) is 54.4 Å². The van der Waals surface area contributed by atoms with Crippen molar-refractivity contribution >= 4 is 6.08 Å². The van der Waals surface area contributed by atoms with Crippen molar-refractivity contribution in [2.24, 2.45) is 0 Å². The lowest BCUT2D eigenvalue weighted by Crippen LogP contribution is -2.36. The zero-order valence-electron chi connectivity index (χ0n) is 13.5. The summed E-state index contributed by atoms with van der Waals surface area (Å²) < 4.78 is 0. The molecular formula is C17H29N3. The van der Waals surface area contributed by atoms with E-state index in [2.05, 4.69) is 73.7 Å². The van der Waals surface area contributed by atoms with Gasteiger partial charge in [-0.2, -0.15) is 0 Å². The molecule has 0 radical (unpaired) electrons. The van der Waals surface area contributed by atoms with Gasteiger partial charge >= 0.3 is 0 Å². The molecule has 3 heteroatoms. The molecule has 0 saturated heterocycles. The first-order chi connectivity index (χ1) is 9.51. The molecule has 0 fully saturated rings. The van der Waals surface area contributed by atoms with Crippen LogP contribution in [0.15, 0.2) is 30.8 Å². The van der Waals surface area contributed by atoms with Crippen molar-refractivity contribution in [3.05, 3.63) is 42.0 Å². The molecule has 0 saturated carbocycles. The fourth-order valence-corrected chi connectivity index (χ4v) is 1.97. The van der Waals surface area contributed by atoms with Crippen LogP contribution in [-0.2, 0) is 6.54 Å². The third kappa shape index (κ3) is 6.85. The Balaban J connectivity index is 2.58. The molecule has 0 unspecified atom stereocenters. The van der Waals surface area contributed by atoms with Crippen molar-refractivity contribution < 1.29 is 0 Å². The van der Waals surface area contributed by atoms with Gasteiger partial charge in [0.2, 0.25) is 0 Å². The summed E-state index contributed by atoms with van der Waals surface area (Å²) in [5.41, 5.74) is 2.55. The first-order valence-corrected chi connectivity index (χ1v) is 7.24. The summed E-state index contributed by atoms with van der Waals surface area (Å²) in [4.78, 5) is 7.00. The second-order valence-corrected chi connectivity index (χ2v) is 5.83. The first-order valence-electron chi connectivity index (χ1n) is 7.24. The smallest absolute Gasteiger partial charge is 0.0234 e. The van der Waals surface area contributed by atoms with Crippen molar-refractivity contribution in [3.8, 4) is 0 Å². The average Bonchev–Trinajstić information content (AvgIpc) is 2.42. The molecule has 0 heterocycles. The van der Waals surface area contributed by atoms with Crippen molar-refractivity contribution in [1.82, 2.24) is 14.7 Å². The second-order valence-electron chi connectivity index (χ2n) is 5.83. The lowest BCUT2D eigenvalue weighted by molar-refractivity contribution is 0.212. The van der Waals surface area contributed by atoms with Crippen LogP contribution in [0.5, 0.6) is 0 Å². The third-order valence-corrected chi connectivity index (χ3v) is 3.35. The van der Waals surface area contributed by atoms with Gasteiger partial charge in [-0.05, 0) is 39.3 Å². The van der Waals surface area contributed by atoms with Gasteiger partial charge in [0.1, 0.15) is 0 Å². The van der Waals surface area contributed by atoms with E-state index in [0.29, 0.717) is 0 Å². The van der Waals surface area contributed by atoms with E-state index in [1.54, 1.807) is 0 Å². The summed E-state index contributed by atoms with van der Waals surface area (Å²) in [7, 11) is 8.51. The molecule has 0 atom stereocenters. The second kappa shape index (κ2) is 8.90. The monoisotopic (exact) mass is 275 g/mol. The molecule has 20 heavy (non-hydrogen) atoms. The molecule has 0 aromatic heterocycles. The van der Waals surface area contributed by atoms with Gasteiger partial charge in [-0.25, -0.2) is 0 Å². The Labute approximate surface area is 124 Å². The number of rotatable bonds is 9. The molecular weight excluding hydrogens is 246 g/mol. The topological polar surface area (TPSA) is 9.72 Å². The van der Waals surface area contributed by atoms with Crippen LogP contribution in [0, 0.1) is 0 Å². The summed E-state index contributed by atoms with van der Waals surface area (Å²) in [5.74, 6) is 0. The highest BCUT2D eigenvalue weighted by Crippen LogP contribution is 2.08. The van der Waals surface area contributed by atoms with E-state index in [-0.39, 0.29) is 0 Å². The quantitative estimate of drug-likeness (QED) is 0.684. The molecule has 112 valence electrons. The molecule has 0 aliphatic heterocycles. The molecule has 0 bridgehead atoms. The van der Waals surface area contributed by atoms with E-state index in [4.69, 9.17) is 0 Å². The van der Waals surface area contributed by atoms with Gasteiger partial charge in [0.15, 0.2) is 0 Å². The zero-order chi connectivity index (χ0) is 15.0. The van der Waals surface area contributed by atoms with Crippen LogP contribution in [0.4, 0.5) is 0 Å². The highest BCUT2D eigenvalue weighted by molar-refractivity contribution is 5.47. The Morgan fingerprint density at radius 2 is 1.35 bits per heavy atom. The Hall–Kier alpha value is -1.16. The largest absolute Gasteiger partial charge is 0.308 e. The van der Waals surface area contributed by atoms with E-state index in [1.807, 2.05) is 6.08 Å². The maximum Gasteiger partial charge on any atom is 0.0234 e. The third-order valence-electron chi connectivity index (χ3n) is 3.35. The molecule has 1 aromatic rings. The van der Waals surface area contributed by atoms with Crippen LogP contribution < -0.4 is 0 Å². The Morgan fingerprint density at radius 1 is 0.850 bits per heavy atom. The molecule has 0 aliphatic rings. The van der Waals surface area contributed by atoms with Crippen LogP contribution >= 0.6 is 0 Å². The van der Waals surface area contributed by atoms with Gasteiger partial charge in [0.05, 0.1) is 0 Å². The molecule has 0 spiro atoms. The normalized spacial score (nSPS) is 11.6. The highest BCUT2D eigenvalue weighted by atomic mass is 15.2. The van der Waals surface area contributed by atoms with Crippen LogP contribution in [0.25, 0.3) is 6.08 Å². The summed E-state index contributed by atoms with van der Waals surface area (Å²) in [6, 6.07) is 8.68. The molecule has 0 aliphatic carbocycles. The fourth-order valence-electron chi connectivity index (χ4n) is 1.97. The lowest BCUT2D eigenvalue weighted by atomic mass is 10.1. The molecule has 0 N–H and O–H groups in total. The van der Waals surface area contributed by atoms with Crippen molar-refractivity contribution in [3.63, 3.8) is 0 Å². The number of benzene rings is 1. The van der Waals surface area contributed by atoms with Crippen molar-refractivity contribution in [1.29, 1.82) is 0 Å². The standard InChI is InChI=1S/C17H29N3/c1-6-16-7-9-17(10-8-16)15-20(13-11-18(2)3)14-12-19(4)5/h6-10H,1,11-15H2,2-5H3. The predicted octanol–water partition coefficient (Wildman–Crippen LogP) is 2.25. The minimum Gasteiger partial charge on any atom is -0.308 e. The van der Waals surface area contributed by atoms with Gasteiger partial charge in [0, 0.05) is 32.7 Å². The van der Waals surface area contributed by atoms with Gasteiger partial charge in [-0.3, -0.25) is 4.90 Å². The van der Waals surface area contributed by atoms with E-state index < -0.39 is 0 Å². The Morgan fingerprint density at radius 3 is 1.75 bits per heavy atom. The first kappa shape index (κ1) is 16.9. The fraction of sp³-hybridized carbons (Fsp3) is 0.529. The van der Waals surface area contributed by atoms with E-state index in [9.17, 15) is 0 Å². The molecule has 0 amide bonds. The number of likely N-dealkylation sites (N-methyl/N-ethyl adjacent to an activating group) is 2. The number of hydrogen-bond donors (Lipinski definition) is 0. The maximum atomic E-state index is 3.80. The predicted molar refractivity (Wildman–Crippen MR) is 88.9 cm³/mol. The highest BCUT2D eigenvalue weighted by Gasteiger charge is 2.07. The van der Waals surface area contributed by atoms with Crippen molar-refractivity contribution in [2.45, 2.75) is 6.54 Å². The van der Waals surface area contributed by atoms with Gasteiger partial charge in [-0.15, -0.1) is 0 Å². The van der Waals surface area contributed by atoms with E-state index >= 15 is 0 Å². The van der Waals surface area contributed by atoms with Gasteiger partial charge < -0.3 is 9.80 Å². The molecule has 3 nitrogen and oxygen atoms in total. The minimum absolute atomic E-state index is 1.01. The minimum atomic E-state index is 1.01. The summed E-state index contributed by atoms with van der Waals surface area (Å²) in [5, 5.41) is 0. The van der Waals surface area contributed by atoms with Crippen LogP contribution in [0.3, 0.4) is 0 Å². The summed E-state index contributed by atoms with van der Waals surface area (Å²) in [6.45, 7) is 9.20. The maximum absolute atomic E-state index is 3.80. The summed E-state index contributed by atoms with van der Waals surface area (Å²) >= 11 is 0. The van der Waals surface area contributed by atoms with E-state index in [0.717, 1.165) is 32.7 Å². The number of hydrogen-bond acceptors (Lipinski definition) is 3. The summed E-state index contributed by atoms with van der Waals surface area (Å²) in [6.07, 6.45) is 1.89. The van der Waals surface area contributed by atoms with Crippen LogP contribution in [0.1, 0.15) is 11.1 Å². The number of nitrogens with zero attached hydrogens (tertiary/aromatic N) is 3.